The van der Waals surface area contributed by atoms with E-state index in [0.717, 1.165) is 5.75 Å². The summed E-state index contributed by atoms with van der Waals surface area (Å²) in [5.41, 5.74) is 1.27. The number of para-hydroxylation sites is 1. The summed E-state index contributed by atoms with van der Waals surface area (Å²) in [5, 5.41) is 1.25. The summed E-state index contributed by atoms with van der Waals surface area (Å²) in [6, 6.07) is 6.30. The maximum Gasteiger partial charge on any atom is 0.195 e. The van der Waals surface area contributed by atoms with E-state index in [-0.39, 0.29) is 0 Å². The highest BCUT2D eigenvalue weighted by molar-refractivity contribution is 6.48. The molecule has 2 nitrogen and oxygen atoms in total. The molecular weight excluding hydrogens is 192 g/mol. The zero-order valence-electron chi connectivity index (χ0n) is 9.33. The van der Waals surface area contributed by atoms with Gasteiger partial charge in [-0.3, -0.25) is 0 Å². The summed E-state index contributed by atoms with van der Waals surface area (Å²) in [5.74, 6) is 1.52. The van der Waals surface area contributed by atoms with Crippen LogP contribution in [0, 0.1) is 0 Å². The molecule has 0 aliphatic heterocycles. The third-order valence-corrected chi connectivity index (χ3v) is 3.41. The fourth-order valence-electron chi connectivity index (χ4n) is 1.58. The second-order valence-corrected chi connectivity index (χ2v) is 5.26. The van der Waals surface area contributed by atoms with Crippen LogP contribution >= 0.6 is 0 Å². The zero-order chi connectivity index (χ0) is 10.6. The summed E-state index contributed by atoms with van der Waals surface area (Å²) in [6.45, 7) is 4.35. The van der Waals surface area contributed by atoms with Crippen molar-refractivity contribution in [1.82, 2.24) is 0 Å². The third kappa shape index (κ3) is 2.36. The summed E-state index contributed by atoms with van der Waals surface area (Å²) in [7, 11) is 2.87. The molecule has 0 heterocycles. The predicted molar refractivity (Wildman–Crippen MR) is 62.3 cm³/mol. The fraction of sp³-hybridized carbons (Fsp3) is 0.455. The van der Waals surface area contributed by atoms with E-state index >= 15 is 0 Å². The van der Waals surface area contributed by atoms with Crippen LogP contribution in [-0.2, 0) is 4.43 Å². The monoisotopic (exact) mass is 210 g/mol. The number of methoxy groups -OCH3 is 1. The first-order chi connectivity index (χ1) is 6.70. The molecule has 0 N–H and O–H groups in total. The van der Waals surface area contributed by atoms with Crippen LogP contribution in [0.3, 0.4) is 0 Å². The minimum atomic E-state index is -0.619. The maximum absolute atomic E-state index is 5.45. The molecule has 0 radical (unpaired) electrons. The number of ether oxygens (including phenoxy) is 1. The van der Waals surface area contributed by atoms with E-state index in [0.29, 0.717) is 5.92 Å². The van der Waals surface area contributed by atoms with Crippen LogP contribution in [0.1, 0.15) is 25.3 Å². The normalized spacial score (nSPS) is 11.5. The van der Waals surface area contributed by atoms with Crippen molar-refractivity contribution in [3.05, 3.63) is 23.8 Å². The average Bonchev–Trinajstić information content (AvgIpc) is 2.18. The lowest BCUT2D eigenvalue weighted by Gasteiger charge is -2.15. The summed E-state index contributed by atoms with van der Waals surface area (Å²) in [4.78, 5) is 0. The molecule has 0 aliphatic rings. The molecule has 0 fully saturated rings. The SMILES string of the molecule is CO[SiH2]c1cccc(C(C)C)c1OC. The summed E-state index contributed by atoms with van der Waals surface area (Å²) < 4.78 is 10.7. The molecule has 1 rings (SSSR count). The Bertz CT molecular complexity index is 297. The fourth-order valence-corrected chi connectivity index (χ4v) is 2.60. The number of hydrogen-bond donors (Lipinski definition) is 0. The molecule has 1 aromatic rings. The molecule has 0 saturated heterocycles. The van der Waals surface area contributed by atoms with Gasteiger partial charge in [0.05, 0.1) is 7.11 Å². The smallest absolute Gasteiger partial charge is 0.195 e. The van der Waals surface area contributed by atoms with Crippen molar-refractivity contribution in [2.24, 2.45) is 0 Å². The molecule has 1 aromatic carbocycles. The molecule has 0 amide bonds. The van der Waals surface area contributed by atoms with Gasteiger partial charge < -0.3 is 9.16 Å². The highest BCUT2D eigenvalue weighted by atomic mass is 28.2. The predicted octanol–water partition coefficient (Wildman–Crippen LogP) is 1.17. The molecule has 0 saturated carbocycles. The van der Waals surface area contributed by atoms with Crippen LogP contribution in [-0.4, -0.2) is 24.0 Å². The average molecular weight is 210 g/mol. The van der Waals surface area contributed by atoms with Crippen LogP contribution < -0.4 is 9.92 Å². The minimum Gasteiger partial charge on any atom is -0.497 e. The maximum atomic E-state index is 5.45. The van der Waals surface area contributed by atoms with Gasteiger partial charge in [0.25, 0.3) is 0 Å². The van der Waals surface area contributed by atoms with Crippen molar-refractivity contribution in [3.8, 4) is 5.75 Å². The first-order valence-corrected chi connectivity index (χ1v) is 6.13. The Morgan fingerprint density at radius 2 is 1.93 bits per heavy atom. The van der Waals surface area contributed by atoms with E-state index in [9.17, 15) is 0 Å². The van der Waals surface area contributed by atoms with Crippen molar-refractivity contribution in [2.75, 3.05) is 14.2 Å². The molecule has 0 aromatic heterocycles. The first-order valence-electron chi connectivity index (χ1n) is 4.85. The van der Waals surface area contributed by atoms with Gasteiger partial charge in [-0.05, 0) is 11.5 Å². The summed E-state index contributed by atoms with van der Waals surface area (Å²) >= 11 is 0. The third-order valence-electron chi connectivity index (χ3n) is 2.25. The van der Waals surface area contributed by atoms with Crippen molar-refractivity contribution in [3.63, 3.8) is 0 Å². The van der Waals surface area contributed by atoms with Crippen molar-refractivity contribution < 1.29 is 9.16 Å². The number of rotatable bonds is 4. The first kappa shape index (κ1) is 11.3. The van der Waals surface area contributed by atoms with Gasteiger partial charge in [0.2, 0.25) is 0 Å². The Hall–Kier alpha value is -0.803. The molecule has 0 bridgehead atoms. The molecule has 14 heavy (non-hydrogen) atoms. The van der Waals surface area contributed by atoms with E-state index in [1.807, 2.05) is 0 Å². The largest absolute Gasteiger partial charge is 0.497 e. The second-order valence-electron chi connectivity index (χ2n) is 3.63. The Labute approximate surface area is 88.2 Å². The van der Waals surface area contributed by atoms with E-state index in [2.05, 4.69) is 32.0 Å². The van der Waals surface area contributed by atoms with E-state index in [1.54, 1.807) is 14.2 Å². The van der Waals surface area contributed by atoms with Crippen LogP contribution in [0.25, 0.3) is 0 Å². The van der Waals surface area contributed by atoms with E-state index in [4.69, 9.17) is 9.16 Å². The second kappa shape index (κ2) is 5.17. The van der Waals surface area contributed by atoms with Gasteiger partial charge in [-0.15, -0.1) is 0 Å². The quantitative estimate of drug-likeness (QED) is 0.695. The Morgan fingerprint density at radius 1 is 1.21 bits per heavy atom. The molecule has 0 unspecified atom stereocenters. The lowest BCUT2D eigenvalue weighted by Crippen LogP contribution is -2.20. The van der Waals surface area contributed by atoms with Crippen LogP contribution in [0.5, 0.6) is 5.75 Å². The molecular formula is C11H18O2Si. The lowest BCUT2D eigenvalue weighted by atomic mass is 10.0. The Kier molecular flexibility index (Phi) is 4.16. The lowest BCUT2D eigenvalue weighted by molar-refractivity contribution is 0.407. The van der Waals surface area contributed by atoms with Crippen molar-refractivity contribution in [1.29, 1.82) is 0 Å². The minimum absolute atomic E-state index is 0.496. The standard InChI is InChI=1S/C11H18O2Si/c1-8(2)9-6-5-7-10(14-13-4)11(9)12-3/h5-8H,14H2,1-4H3. The topological polar surface area (TPSA) is 18.5 Å². The van der Waals surface area contributed by atoms with Crippen molar-refractivity contribution >= 4 is 14.9 Å². The molecule has 0 aliphatic carbocycles. The highest BCUT2D eigenvalue weighted by Crippen LogP contribution is 2.23. The van der Waals surface area contributed by atoms with E-state index < -0.39 is 9.76 Å². The van der Waals surface area contributed by atoms with Gasteiger partial charge in [-0.25, -0.2) is 0 Å². The number of hydrogen-bond acceptors (Lipinski definition) is 2. The highest BCUT2D eigenvalue weighted by Gasteiger charge is 2.11. The van der Waals surface area contributed by atoms with Crippen LogP contribution in [0.4, 0.5) is 0 Å². The summed E-state index contributed by atoms with van der Waals surface area (Å²) in [6.07, 6.45) is 0. The van der Waals surface area contributed by atoms with Gasteiger partial charge in [-0.2, -0.15) is 0 Å². The van der Waals surface area contributed by atoms with Crippen molar-refractivity contribution in [2.45, 2.75) is 19.8 Å². The van der Waals surface area contributed by atoms with Gasteiger partial charge >= 0.3 is 0 Å². The van der Waals surface area contributed by atoms with Crippen LogP contribution in [0.15, 0.2) is 18.2 Å². The zero-order valence-corrected chi connectivity index (χ0v) is 10.7. The Balaban J connectivity index is 3.11. The Morgan fingerprint density at radius 3 is 2.43 bits per heavy atom. The van der Waals surface area contributed by atoms with Gasteiger partial charge in [0, 0.05) is 12.3 Å². The van der Waals surface area contributed by atoms with Crippen LogP contribution in [0.2, 0.25) is 0 Å². The number of benzene rings is 1. The molecule has 3 heteroatoms. The van der Waals surface area contributed by atoms with Gasteiger partial charge in [0.1, 0.15) is 5.75 Å². The van der Waals surface area contributed by atoms with Gasteiger partial charge in [-0.1, -0.05) is 32.0 Å². The van der Waals surface area contributed by atoms with E-state index in [1.165, 1.54) is 10.8 Å². The molecule has 78 valence electrons. The molecule has 0 spiro atoms. The molecule has 0 atom stereocenters. The van der Waals surface area contributed by atoms with Gasteiger partial charge in [0.15, 0.2) is 9.76 Å².